The Labute approximate surface area is 126 Å². The number of carbonyl (C=O) groups is 1. The molecule has 20 heavy (non-hydrogen) atoms. The smallest absolute Gasteiger partial charge is 0.319 e. The van der Waals surface area contributed by atoms with E-state index in [0.29, 0.717) is 6.54 Å². The SMILES string of the molecule is O=C(NCc1ccccc1CO)Nc1ccc(Br)cc1. The molecule has 0 bridgehead atoms. The van der Waals surface area contributed by atoms with Crippen LogP contribution in [-0.2, 0) is 13.2 Å². The van der Waals surface area contributed by atoms with Crippen molar-refractivity contribution >= 4 is 27.6 Å². The lowest BCUT2D eigenvalue weighted by molar-refractivity contribution is 0.251. The monoisotopic (exact) mass is 334 g/mol. The first-order valence-corrected chi connectivity index (χ1v) is 6.96. The van der Waals surface area contributed by atoms with E-state index < -0.39 is 0 Å². The van der Waals surface area contributed by atoms with E-state index in [2.05, 4.69) is 26.6 Å². The van der Waals surface area contributed by atoms with Gasteiger partial charge in [-0.05, 0) is 35.4 Å². The Bertz CT molecular complexity index is 585. The van der Waals surface area contributed by atoms with Gasteiger partial charge >= 0.3 is 6.03 Å². The number of hydrogen-bond donors (Lipinski definition) is 3. The molecule has 4 nitrogen and oxygen atoms in total. The molecule has 2 aromatic rings. The van der Waals surface area contributed by atoms with Crippen molar-refractivity contribution in [3.8, 4) is 0 Å². The van der Waals surface area contributed by atoms with Crippen LogP contribution < -0.4 is 10.6 Å². The highest BCUT2D eigenvalue weighted by atomic mass is 79.9. The third-order valence-corrected chi connectivity index (χ3v) is 3.36. The Kier molecular flexibility index (Phi) is 5.15. The van der Waals surface area contributed by atoms with Crippen molar-refractivity contribution in [2.24, 2.45) is 0 Å². The molecule has 0 fully saturated rings. The fraction of sp³-hybridized carbons (Fsp3) is 0.133. The summed E-state index contributed by atoms with van der Waals surface area (Å²) >= 11 is 3.34. The van der Waals surface area contributed by atoms with Crippen LogP contribution in [0.3, 0.4) is 0 Å². The van der Waals surface area contributed by atoms with Crippen LogP contribution in [-0.4, -0.2) is 11.1 Å². The van der Waals surface area contributed by atoms with Gasteiger partial charge in [0.1, 0.15) is 0 Å². The first-order valence-electron chi connectivity index (χ1n) is 6.17. The van der Waals surface area contributed by atoms with Crippen molar-refractivity contribution in [2.75, 3.05) is 5.32 Å². The molecule has 0 aliphatic carbocycles. The summed E-state index contributed by atoms with van der Waals surface area (Å²) in [6.45, 7) is 0.339. The molecule has 104 valence electrons. The van der Waals surface area contributed by atoms with Gasteiger partial charge in [0.25, 0.3) is 0 Å². The van der Waals surface area contributed by atoms with E-state index in [1.165, 1.54) is 0 Å². The van der Waals surface area contributed by atoms with Crippen molar-refractivity contribution < 1.29 is 9.90 Å². The number of amides is 2. The number of nitrogens with one attached hydrogen (secondary N) is 2. The molecule has 5 heteroatoms. The molecule has 0 spiro atoms. The second-order valence-corrected chi connectivity index (χ2v) is 5.16. The summed E-state index contributed by atoms with van der Waals surface area (Å²) in [6, 6.07) is 14.5. The number of rotatable bonds is 4. The molecule has 0 heterocycles. The molecule has 2 rings (SSSR count). The zero-order valence-electron chi connectivity index (χ0n) is 10.8. The lowest BCUT2D eigenvalue weighted by Crippen LogP contribution is -2.28. The van der Waals surface area contributed by atoms with Crippen LogP contribution in [0.2, 0.25) is 0 Å². The Balaban J connectivity index is 1.90. The minimum absolute atomic E-state index is 0.0355. The standard InChI is InChI=1S/C15H15BrN2O2/c16-13-5-7-14(8-6-13)18-15(20)17-9-11-3-1-2-4-12(11)10-19/h1-8,19H,9-10H2,(H2,17,18,20). The van der Waals surface area contributed by atoms with E-state index in [4.69, 9.17) is 0 Å². The van der Waals surface area contributed by atoms with Crippen molar-refractivity contribution in [1.82, 2.24) is 5.32 Å². The van der Waals surface area contributed by atoms with Crippen molar-refractivity contribution in [3.05, 3.63) is 64.1 Å². The number of hydrogen-bond acceptors (Lipinski definition) is 2. The summed E-state index contributed by atoms with van der Waals surface area (Å²) in [7, 11) is 0. The van der Waals surface area contributed by atoms with Crippen LogP contribution in [0.1, 0.15) is 11.1 Å². The maximum Gasteiger partial charge on any atom is 0.319 e. The fourth-order valence-corrected chi connectivity index (χ4v) is 2.03. The number of benzene rings is 2. The van der Waals surface area contributed by atoms with Crippen LogP contribution >= 0.6 is 15.9 Å². The summed E-state index contributed by atoms with van der Waals surface area (Å²) in [4.78, 5) is 11.8. The van der Waals surface area contributed by atoms with Gasteiger partial charge in [-0.15, -0.1) is 0 Å². The largest absolute Gasteiger partial charge is 0.392 e. The van der Waals surface area contributed by atoms with E-state index in [9.17, 15) is 9.90 Å². The zero-order valence-corrected chi connectivity index (χ0v) is 12.4. The summed E-state index contributed by atoms with van der Waals surface area (Å²) < 4.78 is 0.959. The van der Waals surface area contributed by atoms with Crippen molar-refractivity contribution in [2.45, 2.75) is 13.2 Å². The molecular weight excluding hydrogens is 320 g/mol. The lowest BCUT2D eigenvalue weighted by atomic mass is 10.1. The average Bonchev–Trinajstić information content (AvgIpc) is 2.48. The number of aliphatic hydroxyl groups is 1. The first-order chi connectivity index (χ1) is 9.69. The molecule has 0 aromatic heterocycles. The van der Waals surface area contributed by atoms with E-state index in [-0.39, 0.29) is 12.6 Å². The molecular formula is C15H15BrN2O2. The predicted molar refractivity (Wildman–Crippen MR) is 82.4 cm³/mol. The Hall–Kier alpha value is -1.85. The van der Waals surface area contributed by atoms with E-state index in [0.717, 1.165) is 21.3 Å². The zero-order chi connectivity index (χ0) is 14.4. The average molecular weight is 335 g/mol. The number of urea groups is 1. The quantitative estimate of drug-likeness (QED) is 0.803. The van der Waals surface area contributed by atoms with Gasteiger partial charge in [0.15, 0.2) is 0 Å². The van der Waals surface area contributed by atoms with E-state index in [1.807, 2.05) is 48.5 Å². The molecule has 0 radical (unpaired) electrons. The van der Waals surface area contributed by atoms with Crippen molar-refractivity contribution in [1.29, 1.82) is 0 Å². The van der Waals surface area contributed by atoms with Crippen LogP contribution in [0.5, 0.6) is 0 Å². The summed E-state index contributed by atoms with van der Waals surface area (Å²) in [5.41, 5.74) is 2.44. The maximum absolute atomic E-state index is 11.8. The Morgan fingerprint density at radius 3 is 2.35 bits per heavy atom. The Morgan fingerprint density at radius 1 is 1.05 bits per heavy atom. The molecule has 2 aromatic carbocycles. The van der Waals surface area contributed by atoms with Gasteiger partial charge in [-0.1, -0.05) is 40.2 Å². The van der Waals surface area contributed by atoms with Gasteiger partial charge in [0.2, 0.25) is 0 Å². The molecule has 3 N–H and O–H groups in total. The highest BCUT2D eigenvalue weighted by Gasteiger charge is 2.04. The number of halogens is 1. The molecule has 0 unspecified atom stereocenters. The van der Waals surface area contributed by atoms with Gasteiger partial charge in [-0.25, -0.2) is 4.79 Å². The molecule has 0 saturated carbocycles. The minimum Gasteiger partial charge on any atom is -0.392 e. The van der Waals surface area contributed by atoms with E-state index in [1.54, 1.807) is 0 Å². The summed E-state index contributed by atoms with van der Waals surface area (Å²) in [5.74, 6) is 0. The lowest BCUT2D eigenvalue weighted by Gasteiger charge is -2.10. The Morgan fingerprint density at radius 2 is 1.70 bits per heavy atom. The third kappa shape index (κ3) is 4.08. The minimum atomic E-state index is -0.278. The molecule has 0 atom stereocenters. The molecule has 0 saturated heterocycles. The number of aliphatic hydroxyl groups excluding tert-OH is 1. The number of anilines is 1. The second-order valence-electron chi connectivity index (χ2n) is 4.24. The predicted octanol–water partition coefficient (Wildman–Crippen LogP) is 3.26. The van der Waals surface area contributed by atoms with Crippen LogP contribution in [0.15, 0.2) is 53.0 Å². The first kappa shape index (κ1) is 14.6. The second kappa shape index (κ2) is 7.07. The van der Waals surface area contributed by atoms with Gasteiger partial charge in [-0.3, -0.25) is 0 Å². The fourth-order valence-electron chi connectivity index (χ4n) is 1.77. The molecule has 2 amide bonds. The van der Waals surface area contributed by atoms with Crippen molar-refractivity contribution in [3.63, 3.8) is 0 Å². The van der Waals surface area contributed by atoms with Gasteiger partial charge in [0, 0.05) is 16.7 Å². The molecule has 0 aliphatic rings. The van der Waals surface area contributed by atoms with Gasteiger partial charge < -0.3 is 15.7 Å². The third-order valence-electron chi connectivity index (χ3n) is 2.83. The topological polar surface area (TPSA) is 61.4 Å². The maximum atomic E-state index is 11.8. The van der Waals surface area contributed by atoms with E-state index >= 15 is 0 Å². The van der Waals surface area contributed by atoms with Crippen LogP contribution in [0.4, 0.5) is 10.5 Å². The molecule has 0 aliphatic heterocycles. The highest BCUT2D eigenvalue weighted by molar-refractivity contribution is 9.10. The summed E-state index contributed by atoms with van der Waals surface area (Å²) in [5, 5.41) is 14.7. The normalized spacial score (nSPS) is 10.1. The van der Waals surface area contributed by atoms with Crippen LogP contribution in [0.25, 0.3) is 0 Å². The summed E-state index contributed by atoms with van der Waals surface area (Å²) in [6.07, 6.45) is 0. The highest BCUT2D eigenvalue weighted by Crippen LogP contribution is 2.14. The number of carbonyl (C=O) groups excluding carboxylic acids is 1. The van der Waals surface area contributed by atoms with Gasteiger partial charge in [0.05, 0.1) is 6.61 Å². The van der Waals surface area contributed by atoms with Crippen LogP contribution in [0, 0.1) is 0 Å². The van der Waals surface area contributed by atoms with Gasteiger partial charge in [-0.2, -0.15) is 0 Å².